The lowest BCUT2D eigenvalue weighted by Crippen LogP contribution is -2.27. The van der Waals surface area contributed by atoms with E-state index in [1.54, 1.807) is 10.9 Å². The summed E-state index contributed by atoms with van der Waals surface area (Å²) in [6.45, 7) is 1.27. The van der Waals surface area contributed by atoms with Gasteiger partial charge in [0.1, 0.15) is 0 Å². The van der Waals surface area contributed by atoms with Crippen LogP contribution in [0.5, 0.6) is 0 Å². The molecule has 0 radical (unpaired) electrons. The molecule has 1 aromatic heterocycles. The zero-order chi connectivity index (χ0) is 13.0. The van der Waals surface area contributed by atoms with Gasteiger partial charge in [-0.05, 0) is 5.56 Å². The second-order valence-corrected chi connectivity index (χ2v) is 4.21. The van der Waals surface area contributed by atoms with E-state index in [9.17, 15) is 0 Å². The maximum atomic E-state index is 9.16. The molecule has 2 aromatic rings. The molecule has 1 heterocycles. The Labute approximate surface area is 106 Å². The topological polar surface area (TPSA) is 67.3 Å². The van der Waals surface area contributed by atoms with E-state index in [1.807, 2.05) is 42.3 Å². The molecule has 0 fully saturated rings. The summed E-state index contributed by atoms with van der Waals surface area (Å²) < 4.78 is 1.68. The molecule has 1 aromatic carbocycles. The van der Waals surface area contributed by atoms with Crippen LogP contribution in [-0.2, 0) is 13.6 Å². The Morgan fingerprint density at radius 1 is 1.33 bits per heavy atom. The van der Waals surface area contributed by atoms with Crippen LogP contribution in [-0.4, -0.2) is 28.0 Å². The van der Waals surface area contributed by atoms with E-state index < -0.39 is 0 Å². The highest BCUT2D eigenvalue weighted by Crippen LogP contribution is 2.21. The van der Waals surface area contributed by atoms with E-state index >= 15 is 0 Å². The molecule has 0 saturated carbocycles. The molecule has 0 atom stereocenters. The molecule has 0 amide bonds. The van der Waals surface area contributed by atoms with Crippen LogP contribution >= 0.6 is 0 Å². The highest BCUT2D eigenvalue weighted by molar-refractivity contribution is 5.61. The van der Waals surface area contributed by atoms with Gasteiger partial charge in [0.05, 0.1) is 12.3 Å². The van der Waals surface area contributed by atoms with Crippen LogP contribution in [0.1, 0.15) is 5.56 Å². The molecule has 5 nitrogen and oxygen atoms in total. The predicted octanol–water partition coefficient (Wildman–Crippen LogP) is 1.00. The first-order valence-electron chi connectivity index (χ1n) is 5.89. The molecule has 96 valence electrons. The fourth-order valence-electron chi connectivity index (χ4n) is 1.93. The van der Waals surface area contributed by atoms with E-state index in [0.717, 1.165) is 11.4 Å². The Morgan fingerprint density at radius 2 is 2.06 bits per heavy atom. The zero-order valence-corrected chi connectivity index (χ0v) is 10.5. The van der Waals surface area contributed by atoms with Gasteiger partial charge in [-0.25, -0.2) is 0 Å². The van der Waals surface area contributed by atoms with Crippen molar-refractivity contribution in [2.45, 2.75) is 6.54 Å². The van der Waals surface area contributed by atoms with Gasteiger partial charge in [0.15, 0.2) is 5.82 Å². The lowest BCUT2D eigenvalue weighted by Gasteiger charge is -2.22. The van der Waals surface area contributed by atoms with Crippen molar-refractivity contribution in [2.75, 3.05) is 23.8 Å². The standard InChI is InChI=1S/C13H18N4O/c1-16-10-12(14)13(15-16)17(7-8-18)9-11-5-3-2-4-6-11/h2-6,10,18H,7-9,14H2,1H3. The largest absolute Gasteiger partial charge is 0.395 e. The monoisotopic (exact) mass is 246 g/mol. The average molecular weight is 246 g/mol. The van der Waals surface area contributed by atoms with Gasteiger partial charge in [0.2, 0.25) is 0 Å². The summed E-state index contributed by atoms with van der Waals surface area (Å²) in [6, 6.07) is 10.1. The van der Waals surface area contributed by atoms with Gasteiger partial charge in [0.25, 0.3) is 0 Å². The highest BCUT2D eigenvalue weighted by Gasteiger charge is 2.13. The molecular formula is C13H18N4O. The number of hydrogen-bond donors (Lipinski definition) is 2. The number of rotatable bonds is 5. The summed E-state index contributed by atoms with van der Waals surface area (Å²) in [5, 5.41) is 13.5. The molecule has 5 heteroatoms. The van der Waals surface area contributed by atoms with E-state index in [4.69, 9.17) is 10.8 Å². The molecule has 0 bridgehead atoms. The van der Waals surface area contributed by atoms with Crippen molar-refractivity contribution in [1.82, 2.24) is 9.78 Å². The van der Waals surface area contributed by atoms with Gasteiger partial charge in [-0.1, -0.05) is 30.3 Å². The number of aryl methyl sites for hydroxylation is 1. The van der Waals surface area contributed by atoms with E-state index in [2.05, 4.69) is 5.10 Å². The lowest BCUT2D eigenvalue weighted by molar-refractivity contribution is 0.301. The second-order valence-electron chi connectivity index (χ2n) is 4.21. The van der Waals surface area contributed by atoms with Gasteiger partial charge < -0.3 is 15.7 Å². The number of benzene rings is 1. The average Bonchev–Trinajstić information content (AvgIpc) is 2.69. The first-order valence-corrected chi connectivity index (χ1v) is 5.89. The Bertz CT molecular complexity index is 495. The van der Waals surface area contributed by atoms with Crippen molar-refractivity contribution >= 4 is 11.5 Å². The van der Waals surface area contributed by atoms with Crippen LogP contribution in [0.3, 0.4) is 0 Å². The van der Waals surface area contributed by atoms with Crippen LogP contribution < -0.4 is 10.6 Å². The van der Waals surface area contributed by atoms with Crippen molar-refractivity contribution in [3.63, 3.8) is 0 Å². The Morgan fingerprint density at radius 3 is 2.61 bits per heavy atom. The molecule has 18 heavy (non-hydrogen) atoms. The summed E-state index contributed by atoms with van der Waals surface area (Å²) in [6.07, 6.45) is 1.77. The van der Waals surface area contributed by atoms with Crippen molar-refractivity contribution in [2.24, 2.45) is 7.05 Å². The second kappa shape index (κ2) is 5.55. The summed E-state index contributed by atoms with van der Waals surface area (Å²) in [7, 11) is 1.83. The van der Waals surface area contributed by atoms with E-state index in [-0.39, 0.29) is 6.61 Å². The molecule has 0 spiro atoms. The van der Waals surface area contributed by atoms with Gasteiger partial charge in [0, 0.05) is 26.3 Å². The summed E-state index contributed by atoms with van der Waals surface area (Å²) in [5.74, 6) is 0.718. The minimum atomic E-state index is 0.0723. The van der Waals surface area contributed by atoms with Crippen LogP contribution in [0.25, 0.3) is 0 Å². The van der Waals surface area contributed by atoms with Crippen molar-refractivity contribution in [1.29, 1.82) is 0 Å². The number of aliphatic hydroxyl groups is 1. The number of anilines is 2. The maximum absolute atomic E-state index is 9.16. The third kappa shape index (κ3) is 2.81. The number of aliphatic hydroxyl groups excluding tert-OH is 1. The molecule has 0 aliphatic rings. The lowest BCUT2D eigenvalue weighted by atomic mass is 10.2. The molecular weight excluding hydrogens is 228 g/mol. The summed E-state index contributed by atoms with van der Waals surface area (Å²) in [4.78, 5) is 1.98. The zero-order valence-electron chi connectivity index (χ0n) is 10.5. The van der Waals surface area contributed by atoms with Crippen LogP contribution in [0.15, 0.2) is 36.5 Å². The Kier molecular flexibility index (Phi) is 3.84. The van der Waals surface area contributed by atoms with Gasteiger partial charge in [-0.2, -0.15) is 5.10 Å². The van der Waals surface area contributed by atoms with Crippen molar-refractivity contribution < 1.29 is 5.11 Å². The number of nitrogens with zero attached hydrogens (tertiary/aromatic N) is 3. The molecule has 0 unspecified atom stereocenters. The minimum Gasteiger partial charge on any atom is -0.395 e. The van der Waals surface area contributed by atoms with Crippen molar-refractivity contribution in [3.8, 4) is 0 Å². The first-order chi connectivity index (χ1) is 8.70. The minimum absolute atomic E-state index is 0.0723. The van der Waals surface area contributed by atoms with Gasteiger partial charge in [-0.3, -0.25) is 4.68 Å². The fourth-order valence-corrected chi connectivity index (χ4v) is 1.93. The number of hydrogen-bond acceptors (Lipinski definition) is 4. The van der Waals surface area contributed by atoms with Crippen LogP contribution in [0.4, 0.5) is 11.5 Å². The SMILES string of the molecule is Cn1cc(N)c(N(CCO)Cc2ccccc2)n1. The molecule has 2 rings (SSSR count). The molecule has 3 N–H and O–H groups in total. The maximum Gasteiger partial charge on any atom is 0.174 e. The fraction of sp³-hybridized carbons (Fsp3) is 0.308. The number of aromatic nitrogens is 2. The number of nitrogen functional groups attached to an aromatic ring is 1. The highest BCUT2D eigenvalue weighted by atomic mass is 16.3. The Hall–Kier alpha value is -2.01. The quantitative estimate of drug-likeness (QED) is 0.826. The molecule has 0 aliphatic heterocycles. The van der Waals surface area contributed by atoms with Gasteiger partial charge in [-0.15, -0.1) is 0 Å². The normalized spacial score (nSPS) is 10.6. The van der Waals surface area contributed by atoms with Crippen LogP contribution in [0, 0.1) is 0 Å². The summed E-state index contributed by atoms with van der Waals surface area (Å²) >= 11 is 0. The van der Waals surface area contributed by atoms with E-state index in [1.165, 1.54) is 0 Å². The smallest absolute Gasteiger partial charge is 0.174 e. The van der Waals surface area contributed by atoms with E-state index in [0.29, 0.717) is 18.8 Å². The number of nitrogens with two attached hydrogens (primary N) is 1. The molecule has 0 aliphatic carbocycles. The first kappa shape index (κ1) is 12.4. The van der Waals surface area contributed by atoms with Gasteiger partial charge >= 0.3 is 0 Å². The van der Waals surface area contributed by atoms with Crippen LogP contribution in [0.2, 0.25) is 0 Å². The molecule has 0 saturated heterocycles. The predicted molar refractivity (Wildman–Crippen MR) is 72.2 cm³/mol. The Balaban J connectivity index is 2.21. The summed E-state index contributed by atoms with van der Waals surface area (Å²) in [5.41, 5.74) is 7.71. The third-order valence-electron chi connectivity index (χ3n) is 2.72. The third-order valence-corrected chi connectivity index (χ3v) is 2.72. The van der Waals surface area contributed by atoms with Crippen molar-refractivity contribution in [3.05, 3.63) is 42.1 Å².